The van der Waals surface area contributed by atoms with Gasteiger partial charge < -0.3 is 15.1 Å². The van der Waals surface area contributed by atoms with Crippen molar-refractivity contribution in [2.75, 3.05) is 10.6 Å². The zero-order valence-corrected chi connectivity index (χ0v) is 19.7. The van der Waals surface area contributed by atoms with Gasteiger partial charge >= 0.3 is 0 Å². The summed E-state index contributed by atoms with van der Waals surface area (Å²) >= 11 is 5.92. The summed E-state index contributed by atoms with van der Waals surface area (Å²) in [6.45, 7) is 1.93. The van der Waals surface area contributed by atoms with Crippen molar-refractivity contribution in [2.24, 2.45) is 0 Å². The summed E-state index contributed by atoms with van der Waals surface area (Å²) in [6, 6.07) is 22.2. The predicted molar refractivity (Wildman–Crippen MR) is 138 cm³/mol. The van der Waals surface area contributed by atoms with Crippen LogP contribution in [0.3, 0.4) is 0 Å². The smallest absolute Gasteiger partial charge is 0.293 e. The normalized spacial score (nSPS) is 10.8. The van der Waals surface area contributed by atoms with Gasteiger partial charge in [-0.3, -0.25) is 14.4 Å². The summed E-state index contributed by atoms with van der Waals surface area (Å²) in [4.78, 5) is 38.8. The van der Waals surface area contributed by atoms with Crippen LogP contribution in [0.15, 0.2) is 94.3 Å². The molecule has 0 unspecified atom stereocenters. The zero-order valence-electron chi connectivity index (χ0n) is 19.0. The van der Waals surface area contributed by atoms with Crippen molar-refractivity contribution < 1.29 is 14.0 Å². The van der Waals surface area contributed by atoms with Gasteiger partial charge in [-0.1, -0.05) is 35.9 Å². The number of furan rings is 1. The minimum atomic E-state index is -0.769. The van der Waals surface area contributed by atoms with Gasteiger partial charge in [-0.05, 0) is 61.0 Å². The first-order valence-electron chi connectivity index (χ1n) is 11.0. The van der Waals surface area contributed by atoms with E-state index in [9.17, 15) is 14.4 Å². The number of aryl methyl sites for hydroxylation is 1. The van der Waals surface area contributed by atoms with Crippen molar-refractivity contribution in [1.29, 1.82) is 0 Å². The molecule has 0 bridgehead atoms. The van der Waals surface area contributed by atoms with Gasteiger partial charge in [0.15, 0.2) is 5.69 Å². The number of amides is 2. The lowest BCUT2D eigenvalue weighted by Crippen LogP contribution is -2.26. The fraction of sp³-hybridized carbons (Fsp3) is 0.0370. The molecule has 0 radical (unpaired) electrons. The Morgan fingerprint density at radius 2 is 1.69 bits per heavy atom. The van der Waals surface area contributed by atoms with Gasteiger partial charge in [0.1, 0.15) is 11.3 Å². The molecular weight excluding hydrogens is 480 g/mol. The summed E-state index contributed by atoms with van der Waals surface area (Å²) in [7, 11) is 0. The number of nitrogens with zero attached hydrogens (tertiary/aromatic N) is 2. The number of carbonyl (C=O) groups excluding carboxylic acids is 2. The molecule has 8 nitrogen and oxygen atoms in total. The fourth-order valence-electron chi connectivity index (χ4n) is 3.70. The van der Waals surface area contributed by atoms with Gasteiger partial charge in [0.05, 0.1) is 5.69 Å². The molecule has 5 aromatic rings. The molecule has 9 heteroatoms. The van der Waals surface area contributed by atoms with Gasteiger partial charge in [0.25, 0.3) is 11.8 Å². The number of carbonyl (C=O) groups is 2. The van der Waals surface area contributed by atoms with Crippen LogP contribution in [0.5, 0.6) is 0 Å². The molecule has 178 valence electrons. The number of para-hydroxylation sites is 1. The first-order valence-corrected chi connectivity index (χ1v) is 11.3. The van der Waals surface area contributed by atoms with Crippen molar-refractivity contribution in [2.45, 2.75) is 6.92 Å². The Labute approximate surface area is 210 Å². The Morgan fingerprint density at radius 3 is 2.47 bits per heavy atom. The molecule has 0 atom stereocenters. The Balaban J connectivity index is 1.50. The van der Waals surface area contributed by atoms with Gasteiger partial charge in [-0.2, -0.15) is 5.10 Å². The van der Waals surface area contributed by atoms with Crippen LogP contribution in [0, 0.1) is 6.92 Å². The van der Waals surface area contributed by atoms with E-state index in [4.69, 9.17) is 16.0 Å². The predicted octanol–water partition coefficient (Wildman–Crippen LogP) is 5.45. The summed E-state index contributed by atoms with van der Waals surface area (Å²) in [5, 5.41) is 10.7. The highest BCUT2D eigenvalue weighted by Gasteiger charge is 2.24. The highest BCUT2D eigenvalue weighted by Crippen LogP contribution is 2.32. The summed E-state index contributed by atoms with van der Waals surface area (Å²) < 4.78 is 7.22. The average molecular weight is 499 g/mol. The number of hydrogen-bond acceptors (Lipinski definition) is 5. The number of aromatic nitrogens is 2. The van der Waals surface area contributed by atoms with E-state index < -0.39 is 17.2 Å². The minimum absolute atomic E-state index is 0.116. The van der Waals surface area contributed by atoms with Crippen LogP contribution >= 0.6 is 11.6 Å². The molecular formula is C27H19ClN4O4. The molecule has 2 heterocycles. The summed E-state index contributed by atoms with van der Waals surface area (Å²) in [6.07, 6.45) is 1.49. The molecule has 0 aliphatic heterocycles. The molecule has 0 saturated heterocycles. The van der Waals surface area contributed by atoms with Crippen LogP contribution in [0.25, 0.3) is 16.7 Å². The summed E-state index contributed by atoms with van der Waals surface area (Å²) in [5.74, 6) is -1.47. The van der Waals surface area contributed by atoms with E-state index in [1.807, 2.05) is 31.2 Å². The van der Waals surface area contributed by atoms with Crippen molar-refractivity contribution in [3.8, 4) is 5.69 Å². The van der Waals surface area contributed by atoms with Gasteiger partial charge in [-0.25, -0.2) is 4.68 Å². The number of fused-ring (bicyclic) bond motifs is 1. The number of halogens is 1. The van der Waals surface area contributed by atoms with Crippen LogP contribution < -0.4 is 16.1 Å². The highest BCUT2D eigenvalue weighted by atomic mass is 35.5. The molecule has 36 heavy (non-hydrogen) atoms. The maximum Gasteiger partial charge on any atom is 0.293 e. The SMILES string of the molecule is Cc1cccc(-n2ccc(=O)c(C(=O)Nc3c(C(=O)Nc4ccc(Cl)cc4)oc4ccccc34)n2)c1. The second-order valence-corrected chi connectivity index (χ2v) is 8.47. The molecule has 0 aliphatic rings. The van der Waals surface area contributed by atoms with E-state index in [0.29, 0.717) is 27.4 Å². The quantitative estimate of drug-likeness (QED) is 0.335. The molecule has 0 fully saturated rings. The lowest BCUT2D eigenvalue weighted by atomic mass is 10.2. The molecule has 2 N–H and O–H groups in total. The fourth-order valence-corrected chi connectivity index (χ4v) is 3.83. The number of nitrogens with one attached hydrogen (secondary N) is 2. The zero-order chi connectivity index (χ0) is 25.2. The molecule has 2 aromatic heterocycles. The third kappa shape index (κ3) is 4.62. The number of hydrogen-bond donors (Lipinski definition) is 2. The Bertz CT molecular complexity index is 1670. The maximum absolute atomic E-state index is 13.2. The van der Waals surface area contributed by atoms with E-state index in [0.717, 1.165) is 5.56 Å². The maximum atomic E-state index is 13.2. The average Bonchev–Trinajstić information content (AvgIpc) is 3.24. The van der Waals surface area contributed by atoms with Crippen molar-refractivity contribution in [3.63, 3.8) is 0 Å². The molecule has 5 rings (SSSR count). The summed E-state index contributed by atoms with van der Waals surface area (Å²) in [5.41, 5.74) is 1.83. The topological polar surface area (TPSA) is 106 Å². The first-order chi connectivity index (χ1) is 17.4. The van der Waals surface area contributed by atoms with Crippen LogP contribution in [-0.2, 0) is 0 Å². The van der Waals surface area contributed by atoms with Gasteiger partial charge in [0.2, 0.25) is 11.2 Å². The Morgan fingerprint density at radius 1 is 0.917 bits per heavy atom. The van der Waals surface area contributed by atoms with Crippen molar-refractivity contribution >= 4 is 45.8 Å². The largest absolute Gasteiger partial charge is 0.449 e. The minimum Gasteiger partial charge on any atom is -0.449 e. The van der Waals surface area contributed by atoms with Gasteiger partial charge in [-0.15, -0.1) is 0 Å². The number of anilines is 2. The second kappa shape index (κ2) is 9.52. The van der Waals surface area contributed by atoms with E-state index in [1.54, 1.807) is 48.5 Å². The molecule has 2 amide bonds. The molecule has 3 aromatic carbocycles. The lowest BCUT2D eigenvalue weighted by Gasteiger charge is -2.09. The Hall–Kier alpha value is -4.69. The third-order valence-electron chi connectivity index (χ3n) is 5.43. The molecule has 0 saturated carbocycles. The van der Waals surface area contributed by atoms with E-state index >= 15 is 0 Å². The van der Waals surface area contributed by atoms with Crippen LogP contribution in [0.2, 0.25) is 5.02 Å². The van der Waals surface area contributed by atoms with Crippen LogP contribution in [-0.4, -0.2) is 21.6 Å². The van der Waals surface area contributed by atoms with Crippen molar-refractivity contribution in [3.05, 3.63) is 117 Å². The molecule has 0 spiro atoms. The standard InChI is InChI=1S/C27H19ClN4O4/c1-16-5-4-6-19(15-16)32-14-13-21(33)24(31-32)26(34)30-23-20-7-2-3-8-22(20)36-25(23)27(35)29-18-11-9-17(28)10-12-18/h2-15H,1H3,(H,29,35)(H,30,34). The van der Waals surface area contributed by atoms with Crippen LogP contribution in [0.1, 0.15) is 26.6 Å². The second-order valence-electron chi connectivity index (χ2n) is 8.03. The van der Waals surface area contributed by atoms with E-state index in [1.165, 1.54) is 16.9 Å². The van der Waals surface area contributed by atoms with E-state index in [2.05, 4.69) is 15.7 Å². The van der Waals surface area contributed by atoms with Crippen molar-refractivity contribution in [1.82, 2.24) is 9.78 Å². The van der Waals surface area contributed by atoms with Crippen LogP contribution in [0.4, 0.5) is 11.4 Å². The third-order valence-corrected chi connectivity index (χ3v) is 5.68. The highest BCUT2D eigenvalue weighted by molar-refractivity contribution is 6.30. The number of benzene rings is 3. The van der Waals surface area contributed by atoms with E-state index in [-0.39, 0.29) is 17.1 Å². The Kier molecular flexibility index (Phi) is 6.10. The van der Waals surface area contributed by atoms with Gasteiger partial charge in [0, 0.05) is 28.4 Å². The number of rotatable bonds is 5. The monoisotopic (exact) mass is 498 g/mol. The first kappa shape index (κ1) is 23.1. The lowest BCUT2D eigenvalue weighted by molar-refractivity contribution is 0.0999. The molecule has 0 aliphatic carbocycles.